The highest BCUT2D eigenvalue weighted by atomic mass is 16.6. The molecular weight excluding hydrogens is 186 g/mol. The Hall–Kier alpha value is -1.02. The monoisotopic (exact) mass is 211 g/mol. The number of hydrogen-bond donors (Lipinski definition) is 1. The van der Waals surface area contributed by atoms with Gasteiger partial charge in [0.2, 0.25) is 0 Å². The topological polar surface area (TPSA) is 21.3 Å². The Balaban J connectivity index is 0. The van der Waals surface area contributed by atoms with Crippen LogP contribution in [-0.4, -0.2) is 7.11 Å². The Morgan fingerprint density at radius 3 is 1.87 bits per heavy atom. The van der Waals surface area contributed by atoms with Gasteiger partial charge in [0.15, 0.2) is 0 Å². The second-order valence-corrected chi connectivity index (χ2v) is 2.61. The summed E-state index contributed by atoms with van der Waals surface area (Å²) in [5, 5.41) is 0. The number of benzene rings is 1. The molecule has 2 nitrogen and oxygen atoms in total. The zero-order valence-corrected chi connectivity index (χ0v) is 11.1. The maximum absolute atomic E-state index is 4.77. The minimum Gasteiger partial charge on any atom is -0.279 e. The van der Waals surface area contributed by atoms with E-state index in [1.54, 1.807) is 7.11 Å². The van der Waals surface area contributed by atoms with Crippen LogP contribution in [0.15, 0.2) is 18.2 Å². The molecule has 15 heavy (non-hydrogen) atoms. The molecule has 0 aliphatic heterocycles. The van der Waals surface area contributed by atoms with Gasteiger partial charge < -0.3 is 0 Å². The normalized spacial score (nSPS) is 7.93. The predicted molar refractivity (Wildman–Crippen MR) is 69.2 cm³/mol. The fraction of sp³-hybridized carbons (Fsp3) is 0.538. The van der Waals surface area contributed by atoms with E-state index in [1.165, 1.54) is 11.1 Å². The summed E-state index contributed by atoms with van der Waals surface area (Å²) in [7, 11) is 1.61. The van der Waals surface area contributed by atoms with E-state index in [0.717, 1.165) is 5.69 Å². The standard InChI is InChI=1S/C9H13NO.2C2H6/c1-7-4-5-9(10-11-3)6-8(7)2;2*1-2/h4-6,10H,1-3H3;2*1-2H3. The molecule has 2 heteroatoms. The SMILES string of the molecule is CC.CC.CONc1ccc(C)c(C)c1. The lowest BCUT2D eigenvalue weighted by molar-refractivity contribution is 0.271. The molecule has 0 saturated heterocycles. The highest BCUT2D eigenvalue weighted by Gasteiger charge is 1.93. The van der Waals surface area contributed by atoms with Gasteiger partial charge in [-0.3, -0.25) is 10.3 Å². The largest absolute Gasteiger partial charge is 0.279 e. The summed E-state index contributed by atoms with van der Waals surface area (Å²) in [6, 6.07) is 6.11. The van der Waals surface area contributed by atoms with Crippen LogP contribution in [0.1, 0.15) is 38.8 Å². The fourth-order valence-corrected chi connectivity index (χ4v) is 0.923. The molecule has 0 heterocycles. The van der Waals surface area contributed by atoms with Crippen LogP contribution >= 0.6 is 0 Å². The van der Waals surface area contributed by atoms with Crippen molar-refractivity contribution in [2.75, 3.05) is 12.6 Å². The molecule has 0 bridgehead atoms. The van der Waals surface area contributed by atoms with E-state index in [4.69, 9.17) is 4.84 Å². The first kappa shape index (κ1) is 16.4. The highest BCUT2D eigenvalue weighted by Crippen LogP contribution is 2.13. The van der Waals surface area contributed by atoms with Crippen molar-refractivity contribution in [3.05, 3.63) is 29.3 Å². The van der Waals surface area contributed by atoms with Crippen molar-refractivity contribution >= 4 is 5.69 Å². The van der Waals surface area contributed by atoms with Gasteiger partial charge in [-0.1, -0.05) is 33.8 Å². The first-order chi connectivity index (χ1) is 7.24. The summed E-state index contributed by atoms with van der Waals surface area (Å²) < 4.78 is 0. The quantitative estimate of drug-likeness (QED) is 0.735. The van der Waals surface area contributed by atoms with E-state index in [9.17, 15) is 0 Å². The number of aryl methyl sites for hydroxylation is 2. The zero-order chi connectivity index (χ0) is 12.3. The molecule has 88 valence electrons. The molecule has 0 aliphatic rings. The van der Waals surface area contributed by atoms with Crippen molar-refractivity contribution in [2.24, 2.45) is 0 Å². The third kappa shape index (κ3) is 6.97. The second-order valence-electron chi connectivity index (χ2n) is 2.61. The van der Waals surface area contributed by atoms with Crippen molar-refractivity contribution in [3.63, 3.8) is 0 Å². The Labute approximate surface area is 94.6 Å². The summed E-state index contributed by atoms with van der Waals surface area (Å²) in [4.78, 5) is 4.77. The van der Waals surface area contributed by atoms with Gasteiger partial charge >= 0.3 is 0 Å². The fourth-order valence-electron chi connectivity index (χ4n) is 0.923. The van der Waals surface area contributed by atoms with E-state index in [2.05, 4.69) is 31.5 Å². The summed E-state index contributed by atoms with van der Waals surface area (Å²) in [6.45, 7) is 12.2. The Kier molecular flexibility index (Phi) is 12.1. The second kappa shape index (κ2) is 11.1. The maximum Gasteiger partial charge on any atom is 0.0636 e. The molecule has 0 aromatic heterocycles. The van der Waals surface area contributed by atoms with Gasteiger partial charge in [0.1, 0.15) is 0 Å². The minimum atomic E-state index is 0.996. The molecule has 1 aromatic rings. The summed E-state index contributed by atoms with van der Waals surface area (Å²) in [6.07, 6.45) is 0. The van der Waals surface area contributed by atoms with Gasteiger partial charge in [0.25, 0.3) is 0 Å². The van der Waals surface area contributed by atoms with Crippen LogP contribution in [0.25, 0.3) is 0 Å². The van der Waals surface area contributed by atoms with E-state index in [0.29, 0.717) is 0 Å². The summed E-state index contributed by atoms with van der Waals surface area (Å²) in [5.41, 5.74) is 6.34. The number of nitrogens with one attached hydrogen (secondary N) is 1. The Morgan fingerprint density at radius 2 is 1.47 bits per heavy atom. The maximum atomic E-state index is 4.77. The van der Waals surface area contributed by atoms with Crippen LogP contribution in [0.3, 0.4) is 0 Å². The highest BCUT2D eigenvalue weighted by molar-refractivity contribution is 5.46. The molecule has 0 spiro atoms. The molecular formula is C13H25NO. The smallest absolute Gasteiger partial charge is 0.0636 e. The number of rotatable bonds is 2. The molecule has 0 amide bonds. The first-order valence-electron chi connectivity index (χ1n) is 5.60. The van der Waals surface area contributed by atoms with Gasteiger partial charge in [0.05, 0.1) is 12.8 Å². The molecule has 1 N–H and O–H groups in total. The minimum absolute atomic E-state index is 0.996. The molecule has 0 radical (unpaired) electrons. The molecule has 0 aliphatic carbocycles. The molecule has 0 fully saturated rings. The molecule has 1 rings (SSSR count). The van der Waals surface area contributed by atoms with E-state index in [1.807, 2.05) is 33.8 Å². The van der Waals surface area contributed by atoms with E-state index >= 15 is 0 Å². The van der Waals surface area contributed by atoms with Crippen LogP contribution in [0.4, 0.5) is 5.69 Å². The summed E-state index contributed by atoms with van der Waals surface area (Å²) in [5.74, 6) is 0. The third-order valence-corrected chi connectivity index (χ3v) is 1.73. The van der Waals surface area contributed by atoms with E-state index < -0.39 is 0 Å². The van der Waals surface area contributed by atoms with Crippen molar-refractivity contribution < 1.29 is 4.84 Å². The number of hydrogen-bond acceptors (Lipinski definition) is 2. The Morgan fingerprint density at radius 1 is 0.933 bits per heavy atom. The first-order valence-corrected chi connectivity index (χ1v) is 5.60. The summed E-state index contributed by atoms with van der Waals surface area (Å²) >= 11 is 0. The van der Waals surface area contributed by atoms with Gasteiger partial charge in [-0.25, -0.2) is 0 Å². The molecule has 0 atom stereocenters. The lowest BCUT2D eigenvalue weighted by atomic mass is 10.1. The van der Waals surface area contributed by atoms with Crippen molar-refractivity contribution in [3.8, 4) is 0 Å². The third-order valence-electron chi connectivity index (χ3n) is 1.73. The molecule has 1 aromatic carbocycles. The zero-order valence-electron chi connectivity index (χ0n) is 11.1. The lowest BCUT2D eigenvalue weighted by Gasteiger charge is -2.05. The Bertz CT molecular complexity index is 246. The van der Waals surface area contributed by atoms with Gasteiger partial charge in [-0.2, -0.15) is 0 Å². The van der Waals surface area contributed by atoms with Crippen LogP contribution in [0.5, 0.6) is 0 Å². The predicted octanol–water partition coefficient (Wildman–Crippen LogP) is 4.33. The van der Waals surface area contributed by atoms with Gasteiger partial charge in [0, 0.05) is 0 Å². The molecule has 0 saturated carbocycles. The van der Waals surface area contributed by atoms with Crippen LogP contribution < -0.4 is 5.48 Å². The average molecular weight is 211 g/mol. The average Bonchev–Trinajstić information content (AvgIpc) is 2.30. The van der Waals surface area contributed by atoms with Gasteiger partial charge in [-0.05, 0) is 37.1 Å². The van der Waals surface area contributed by atoms with Crippen molar-refractivity contribution in [1.82, 2.24) is 0 Å². The molecule has 0 unspecified atom stereocenters. The van der Waals surface area contributed by atoms with Crippen LogP contribution in [0, 0.1) is 13.8 Å². The lowest BCUT2D eigenvalue weighted by Crippen LogP contribution is -1.95. The van der Waals surface area contributed by atoms with Gasteiger partial charge in [-0.15, -0.1) is 0 Å². The van der Waals surface area contributed by atoms with Crippen molar-refractivity contribution in [2.45, 2.75) is 41.5 Å². The van der Waals surface area contributed by atoms with Crippen LogP contribution in [-0.2, 0) is 4.84 Å². The van der Waals surface area contributed by atoms with E-state index in [-0.39, 0.29) is 0 Å². The van der Waals surface area contributed by atoms with Crippen LogP contribution in [0.2, 0.25) is 0 Å². The number of anilines is 1. The van der Waals surface area contributed by atoms with Crippen molar-refractivity contribution in [1.29, 1.82) is 0 Å².